The van der Waals surface area contributed by atoms with Crippen molar-refractivity contribution in [2.75, 3.05) is 0 Å². The molecule has 5 aliphatic carbocycles. The van der Waals surface area contributed by atoms with Gasteiger partial charge in [0.2, 0.25) is 22.8 Å². The highest BCUT2D eigenvalue weighted by Gasteiger charge is 2.98. The van der Waals surface area contributed by atoms with Crippen LogP contribution in [0.3, 0.4) is 0 Å². The van der Waals surface area contributed by atoms with E-state index in [-0.39, 0.29) is 0 Å². The van der Waals surface area contributed by atoms with Gasteiger partial charge in [-0.1, -0.05) is 0 Å². The van der Waals surface area contributed by atoms with Crippen molar-refractivity contribution in [3.63, 3.8) is 0 Å². The molecule has 0 radical (unpaired) electrons. The molecule has 0 amide bonds. The van der Waals surface area contributed by atoms with Crippen molar-refractivity contribution in [1.82, 2.24) is 0 Å². The van der Waals surface area contributed by atoms with Crippen LogP contribution in [0.15, 0.2) is 11.7 Å². The molecule has 5 rings (SSSR count). The summed E-state index contributed by atoms with van der Waals surface area (Å²) >= 11 is 0. The Kier molecular flexibility index (Phi) is 1.41. The Morgan fingerprint density at radius 2 is 1.44 bits per heavy atom. The van der Waals surface area contributed by atoms with Crippen LogP contribution in [-0.2, 0) is 0 Å². The molecule has 3 fully saturated rings. The fourth-order valence-electron chi connectivity index (χ4n) is 3.23. The van der Waals surface area contributed by atoms with E-state index in [2.05, 4.69) is 0 Å². The van der Waals surface area contributed by atoms with Crippen LogP contribution in [0.4, 0.5) is 22.0 Å². The van der Waals surface area contributed by atoms with Crippen molar-refractivity contribution in [3.05, 3.63) is 11.7 Å². The second-order valence-electron chi connectivity index (χ2n) is 4.70. The lowest BCUT2D eigenvalue weighted by atomic mass is 9.41. The molecule has 16 heavy (non-hydrogen) atoms. The van der Waals surface area contributed by atoms with E-state index in [9.17, 15) is 22.0 Å². The zero-order chi connectivity index (χ0) is 12.1. The normalized spacial score (nSPS) is 57.6. The maximum Gasteiger partial charge on any atom is 0.242 e. The first-order valence-corrected chi connectivity index (χ1v) is 4.70. The lowest BCUT2D eigenvalue weighted by Gasteiger charge is -2.71. The predicted octanol–water partition coefficient (Wildman–Crippen LogP) is 1.38. The Morgan fingerprint density at radius 3 is 1.88 bits per heavy atom. The Balaban J connectivity index is 2.29. The van der Waals surface area contributed by atoms with Crippen molar-refractivity contribution in [1.29, 1.82) is 0 Å². The summed E-state index contributed by atoms with van der Waals surface area (Å²) in [5.74, 6) is -8.79. The van der Waals surface area contributed by atoms with E-state index in [0.717, 1.165) is 0 Å². The molecular weight excluding hydrogens is 235 g/mol. The summed E-state index contributed by atoms with van der Waals surface area (Å²) in [4.78, 5) is 0. The quantitative estimate of drug-likeness (QED) is 0.497. The van der Waals surface area contributed by atoms with Gasteiger partial charge in [-0.05, 0) is 12.8 Å². The first-order valence-electron chi connectivity index (χ1n) is 4.70. The van der Waals surface area contributed by atoms with Crippen molar-refractivity contribution >= 4 is 0 Å². The maximum atomic E-state index is 13.9. The lowest BCUT2D eigenvalue weighted by Crippen LogP contribution is -2.94. The molecule has 0 aromatic carbocycles. The first kappa shape index (κ1) is 10.5. The van der Waals surface area contributed by atoms with Gasteiger partial charge in [0, 0.05) is 5.92 Å². The maximum absolute atomic E-state index is 13.9. The zero-order valence-electron chi connectivity index (χ0n) is 7.78. The van der Waals surface area contributed by atoms with Crippen LogP contribution < -0.4 is 0 Å². The van der Waals surface area contributed by atoms with Crippen molar-refractivity contribution in [2.45, 2.75) is 35.6 Å². The molecule has 3 saturated carbocycles. The first-order chi connectivity index (χ1) is 7.13. The molecule has 2 N–H and O–H groups in total. The van der Waals surface area contributed by atoms with Gasteiger partial charge in [0.1, 0.15) is 5.83 Å². The summed E-state index contributed by atoms with van der Waals surface area (Å²) in [5.41, 5.74) is -10.9. The number of hydrogen-bond donors (Lipinski definition) is 2. The van der Waals surface area contributed by atoms with Gasteiger partial charge >= 0.3 is 0 Å². The summed E-state index contributed by atoms with van der Waals surface area (Å²) in [7, 11) is 0. The largest absolute Gasteiger partial charge is 0.360 e. The predicted molar refractivity (Wildman–Crippen MR) is 40.7 cm³/mol. The van der Waals surface area contributed by atoms with Crippen LogP contribution in [0.5, 0.6) is 0 Å². The standard InChI is InChI=1S/C9H7F5O2/c10-4-3-1-6(12)8(14,5(4)11)7(13,2-3)9(6,15)16/h3,15-16H,1-2H2/t3?,6-,7+,8?. The van der Waals surface area contributed by atoms with Crippen LogP contribution in [0, 0.1) is 5.92 Å². The van der Waals surface area contributed by atoms with Gasteiger partial charge in [0.15, 0.2) is 5.83 Å². The topological polar surface area (TPSA) is 40.5 Å². The number of allylic oxidation sites excluding steroid dienone is 2. The van der Waals surface area contributed by atoms with E-state index in [4.69, 9.17) is 10.2 Å². The van der Waals surface area contributed by atoms with Gasteiger partial charge in [0.25, 0.3) is 0 Å². The van der Waals surface area contributed by atoms with Crippen LogP contribution in [0.1, 0.15) is 12.8 Å². The van der Waals surface area contributed by atoms with E-state index >= 15 is 0 Å². The summed E-state index contributed by atoms with van der Waals surface area (Å²) in [6.07, 6.45) is -1.94. The number of halogens is 5. The number of aliphatic hydroxyl groups is 2. The Morgan fingerprint density at radius 1 is 1.00 bits per heavy atom. The molecular formula is C9H7F5O2. The second kappa shape index (κ2) is 2.15. The van der Waals surface area contributed by atoms with Gasteiger partial charge < -0.3 is 10.2 Å². The Bertz CT molecular complexity index is 412. The molecule has 0 aliphatic heterocycles. The molecule has 2 unspecified atom stereocenters. The fraction of sp³-hybridized carbons (Fsp3) is 0.778. The van der Waals surface area contributed by atoms with Gasteiger partial charge in [0.05, 0.1) is 0 Å². The molecule has 0 heterocycles. The molecule has 5 aliphatic rings. The highest BCUT2D eigenvalue weighted by Crippen LogP contribution is 2.77. The summed E-state index contributed by atoms with van der Waals surface area (Å²) in [6.45, 7) is 0. The van der Waals surface area contributed by atoms with Crippen LogP contribution in [0.2, 0.25) is 0 Å². The Labute approximate surface area is 86.4 Å². The smallest absolute Gasteiger partial charge is 0.242 e. The van der Waals surface area contributed by atoms with Crippen molar-refractivity contribution in [2.24, 2.45) is 5.92 Å². The molecule has 4 bridgehead atoms. The van der Waals surface area contributed by atoms with E-state index in [0.29, 0.717) is 0 Å². The zero-order valence-corrected chi connectivity index (χ0v) is 7.78. The monoisotopic (exact) mass is 242 g/mol. The third-order valence-corrected chi connectivity index (χ3v) is 4.12. The van der Waals surface area contributed by atoms with E-state index in [1.54, 1.807) is 0 Å². The van der Waals surface area contributed by atoms with Gasteiger partial charge in [-0.3, -0.25) is 0 Å². The summed E-state index contributed by atoms with van der Waals surface area (Å²) in [5, 5.41) is 18.3. The van der Waals surface area contributed by atoms with Crippen molar-refractivity contribution < 1.29 is 32.2 Å². The molecule has 90 valence electrons. The highest BCUT2D eigenvalue weighted by molar-refractivity contribution is 5.51. The number of rotatable bonds is 0. The third kappa shape index (κ3) is 0.573. The minimum atomic E-state index is -3.91. The average Bonchev–Trinajstić information content (AvgIpc) is 2.19. The molecule has 0 aromatic heterocycles. The molecule has 4 atom stereocenters. The van der Waals surface area contributed by atoms with Crippen LogP contribution in [0.25, 0.3) is 0 Å². The average molecular weight is 242 g/mol. The minimum Gasteiger partial charge on any atom is -0.360 e. The van der Waals surface area contributed by atoms with E-state index in [1.165, 1.54) is 0 Å². The van der Waals surface area contributed by atoms with Crippen LogP contribution >= 0.6 is 0 Å². The van der Waals surface area contributed by atoms with E-state index < -0.39 is 53.2 Å². The van der Waals surface area contributed by atoms with Gasteiger partial charge in [-0.25, -0.2) is 22.0 Å². The molecule has 0 aromatic rings. The van der Waals surface area contributed by atoms with Gasteiger partial charge in [-0.2, -0.15) is 0 Å². The van der Waals surface area contributed by atoms with Crippen molar-refractivity contribution in [3.8, 4) is 0 Å². The fourth-order valence-corrected chi connectivity index (χ4v) is 3.23. The molecule has 2 nitrogen and oxygen atoms in total. The second-order valence-corrected chi connectivity index (χ2v) is 4.70. The van der Waals surface area contributed by atoms with Gasteiger partial charge in [-0.15, -0.1) is 0 Å². The minimum absolute atomic E-state index is 0.971. The molecule has 0 spiro atoms. The molecule has 0 saturated heterocycles. The summed E-state index contributed by atoms with van der Waals surface area (Å²) < 4.78 is 68.0. The number of alkyl halides is 3. The van der Waals surface area contributed by atoms with E-state index in [1.807, 2.05) is 0 Å². The lowest BCUT2D eigenvalue weighted by molar-refractivity contribution is -0.469. The Hall–Kier alpha value is -0.690. The molecule has 7 heteroatoms. The number of hydrogen-bond acceptors (Lipinski definition) is 2. The summed E-state index contributed by atoms with van der Waals surface area (Å²) in [6, 6.07) is 0. The highest BCUT2D eigenvalue weighted by atomic mass is 19.2. The SMILES string of the molecule is OC1(O)[C@]2(F)CC3C[C@@]1(F)C2(F)C(F)=C3F. The van der Waals surface area contributed by atoms with Crippen LogP contribution in [-0.4, -0.2) is 33.0 Å². The third-order valence-electron chi connectivity index (χ3n) is 4.12.